The molecule has 0 unspecified atom stereocenters. The predicted molar refractivity (Wildman–Crippen MR) is 76.8 cm³/mol. The second-order valence-electron chi connectivity index (χ2n) is 5.12. The van der Waals surface area contributed by atoms with Gasteiger partial charge in [-0.3, -0.25) is 0 Å². The van der Waals surface area contributed by atoms with Crippen LogP contribution in [0.15, 0.2) is 30.5 Å². The SMILES string of the molecule is O=S1(=O)CCC[C@H]1CNCc1cccc2[nH]ccc12. The quantitative estimate of drug-likeness (QED) is 0.897. The van der Waals surface area contributed by atoms with Crippen molar-refractivity contribution in [2.45, 2.75) is 24.6 Å². The molecule has 2 aromatic rings. The lowest BCUT2D eigenvalue weighted by atomic mass is 10.1. The van der Waals surface area contributed by atoms with Crippen LogP contribution in [0.25, 0.3) is 10.9 Å². The molecular weight excluding hydrogens is 260 g/mol. The Bertz CT molecular complexity index is 676. The van der Waals surface area contributed by atoms with E-state index in [0.29, 0.717) is 18.8 Å². The maximum Gasteiger partial charge on any atom is 0.154 e. The molecule has 5 heteroatoms. The summed E-state index contributed by atoms with van der Waals surface area (Å²) in [6.45, 7) is 1.27. The van der Waals surface area contributed by atoms with Gasteiger partial charge in [0.2, 0.25) is 0 Å². The molecule has 0 aliphatic carbocycles. The van der Waals surface area contributed by atoms with Gasteiger partial charge in [-0.2, -0.15) is 0 Å². The molecule has 1 saturated heterocycles. The molecule has 1 fully saturated rings. The zero-order valence-electron chi connectivity index (χ0n) is 10.7. The minimum Gasteiger partial charge on any atom is -0.361 e. The van der Waals surface area contributed by atoms with Crippen molar-refractivity contribution in [3.8, 4) is 0 Å². The van der Waals surface area contributed by atoms with E-state index in [0.717, 1.165) is 18.4 Å². The summed E-state index contributed by atoms with van der Waals surface area (Å²) in [6, 6.07) is 8.19. The van der Waals surface area contributed by atoms with Crippen LogP contribution in [-0.2, 0) is 16.4 Å². The van der Waals surface area contributed by atoms with E-state index in [4.69, 9.17) is 0 Å². The number of sulfone groups is 1. The van der Waals surface area contributed by atoms with Gasteiger partial charge in [-0.1, -0.05) is 12.1 Å². The first-order valence-electron chi connectivity index (χ1n) is 6.64. The number of H-pyrrole nitrogens is 1. The number of hydrogen-bond donors (Lipinski definition) is 2. The lowest BCUT2D eigenvalue weighted by molar-refractivity contribution is 0.574. The summed E-state index contributed by atoms with van der Waals surface area (Å²) in [5, 5.41) is 4.29. The molecule has 0 spiro atoms. The third kappa shape index (κ3) is 2.53. The predicted octanol–water partition coefficient (Wildman–Crippen LogP) is 1.83. The summed E-state index contributed by atoms with van der Waals surface area (Å²) in [6.07, 6.45) is 3.53. The minimum atomic E-state index is -2.84. The van der Waals surface area contributed by atoms with Crippen molar-refractivity contribution in [1.29, 1.82) is 0 Å². The summed E-state index contributed by atoms with van der Waals surface area (Å²) in [5.74, 6) is 0.354. The molecule has 1 aromatic carbocycles. The molecule has 2 N–H and O–H groups in total. The molecule has 1 aliphatic rings. The molecule has 0 saturated carbocycles. The number of rotatable bonds is 4. The van der Waals surface area contributed by atoms with Crippen LogP contribution in [0.4, 0.5) is 0 Å². The van der Waals surface area contributed by atoms with E-state index in [1.54, 1.807) is 0 Å². The van der Waals surface area contributed by atoms with E-state index in [9.17, 15) is 8.42 Å². The smallest absolute Gasteiger partial charge is 0.154 e. The van der Waals surface area contributed by atoms with Gasteiger partial charge in [0.15, 0.2) is 9.84 Å². The normalized spacial score (nSPS) is 22.0. The molecule has 3 rings (SSSR count). The number of benzene rings is 1. The third-order valence-corrected chi connectivity index (χ3v) is 6.11. The van der Waals surface area contributed by atoms with E-state index >= 15 is 0 Å². The summed E-state index contributed by atoms with van der Waals surface area (Å²) in [7, 11) is -2.84. The Kier molecular flexibility index (Phi) is 3.33. The summed E-state index contributed by atoms with van der Waals surface area (Å²) in [4.78, 5) is 3.18. The highest BCUT2D eigenvalue weighted by Gasteiger charge is 2.30. The van der Waals surface area contributed by atoms with Gasteiger partial charge in [-0.15, -0.1) is 0 Å². The highest BCUT2D eigenvalue weighted by atomic mass is 32.2. The third-order valence-electron chi connectivity index (χ3n) is 3.84. The standard InChI is InChI=1S/C14H18N2O2S/c17-19(18)8-2-4-12(19)10-15-9-11-3-1-5-14-13(11)6-7-16-14/h1,3,5-7,12,15-16H,2,4,8-10H2/t12-/m0/s1. The Balaban J connectivity index is 1.65. The molecule has 102 valence electrons. The van der Waals surface area contributed by atoms with Gasteiger partial charge in [0, 0.05) is 30.2 Å². The van der Waals surface area contributed by atoms with Crippen LogP contribution in [0, 0.1) is 0 Å². The molecule has 4 nitrogen and oxygen atoms in total. The lowest BCUT2D eigenvalue weighted by Crippen LogP contribution is -2.30. The highest BCUT2D eigenvalue weighted by molar-refractivity contribution is 7.92. The minimum absolute atomic E-state index is 0.196. The number of aromatic amines is 1. The molecule has 1 atom stereocenters. The fraction of sp³-hybridized carbons (Fsp3) is 0.429. The molecule has 1 aliphatic heterocycles. The van der Waals surface area contributed by atoms with Crippen LogP contribution in [0.5, 0.6) is 0 Å². The van der Waals surface area contributed by atoms with E-state index in [-0.39, 0.29) is 5.25 Å². The molecule has 2 heterocycles. The molecule has 1 aromatic heterocycles. The average molecular weight is 278 g/mol. The van der Waals surface area contributed by atoms with Gasteiger partial charge in [0.25, 0.3) is 0 Å². The van der Waals surface area contributed by atoms with Gasteiger partial charge in [0.05, 0.1) is 11.0 Å². The van der Waals surface area contributed by atoms with Crippen molar-refractivity contribution in [2.75, 3.05) is 12.3 Å². The highest BCUT2D eigenvalue weighted by Crippen LogP contribution is 2.20. The maximum absolute atomic E-state index is 11.7. The number of fused-ring (bicyclic) bond motifs is 1. The zero-order chi connectivity index (χ0) is 13.3. The van der Waals surface area contributed by atoms with Crippen molar-refractivity contribution in [3.05, 3.63) is 36.0 Å². The largest absolute Gasteiger partial charge is 0.361 e. The second kappa shape index (κ2) is 4.98. The second-order valence-corrected chi connectivity index (χ2v) is 7.52. The van der Waals surface area contributed by atoms with Gasteiger partial charge < -0.3 is 10.3 Å². The fourth-order valence-electron chi connectivity index (χ4n) is 2.76. The number of hydrogen-bond acceptors (Lipinski definition) is 3. The van der Waals surface area contributed by atoms with Crippen molar-refractivity contribution in [2.24, 2.45) is 0 Å². The molecule has 0 radical (unpaired) electrons. The Labute approximate surface area is 113 Å². The van der Waals surface area contributed by atoms with E-state index in [1.165, 1.54) is 10.9 Å². The Hall–Kier alpha value is -1.33. The van der Waals surface area contributed by atoms with Crippen molar-refractivity contribution >= 4 is 20.7 Å². The van der Waals surface area contributed by atoms with E-state index < -0.39 is 9.84 Å². The Morgan fingerprint density at radius 1 is 1.32 bits per heavy atom. The Morgan fingerprint density at radius 2 is 2.21 bits per heavy atom. The van der Waals surface area contributed by atoms with E-state index in [2.05, 4.69) is 22.4 Å². The van der Waals surface area contributed by atoms with Gasteiger partial charge in [0.1, 0.15) is 0 Å². The average Bonchev–Trinajstić information content (AvgIpc) is 2.96. The van der Waals surface area contributed by atoms with Crippen molar-refractivity contribution in [1.82, 2.24) is 10.3 Å². The van der Waals surface area contributed by atoms with Gasteiger partial charge in [-0.25, -0.2) is 8.42 Å². The first-order valence-corrected chi connectivity index (χ1v) is 8.35. The first kappa shape index (κ1) is 12.7. The molecule has 0 amide bonds. The van der Waals surface area contributed by atoms with Crippen LogP contribution in [0.1, 0.15) is 18.4 Å². The lowest BCUT2D eigenvalue weighted by Gasteiger charge is -2.11. The molecule has 19 heavy (non-hydrogen) atoms. The molecular formula is C14H18N2O2S. The van der Waals surface area contributed by atoms with Crippen LogP contribution < -0.4 is 5.32 Å². The van der Waals surface area contributed by atoms with Gasteiger partial charge >= 0.3 is 0 Å². The fourth-order valence-corrected chi connectivity index (χ4v) is 4.56. The maximum atomic E-state index is 11.7. The van der Waals surface area contributed by atoms with E-state index in [1.807, 2.05) is 18.3 Å². The van der Waals surface area contributed by atoms with Crippen molar-refractivity contribution in [3.63, 3.8) is 0 Å². The monoisotopic (exact) mass is 278 g/mol. The van der Waals surface area contributed by atoms with Crippen LogP contribution in [0.3, 0.4) is 0 Å². The van der Waals surface area contributed by atoms with Gasteiger partial charge in [-0.05, 0) is 30.5 Å². The zero-order valence-corrected chi connectivity index (χ0v) is 11.5. The topological polar surface area (TPSA) is 62.0 Å². The first-order chi connectivity index (χ1) is 9.17. The number of aromatic nitrogens is 1. The summed E-state index contributed by atoms with van der Waals surface area (Å²) in [5.41, 5.74) is 2.32. The number of nitrogens with one attached hydrogen (secondary N) is 2. The Morgan fingerprint density at radius 3 is 3.00 bits per heavy atom. The van der Waals surface area contributed by atoms with Crippen LogP contribution in [0.2, 0.25) is 0 Å². The van der Waals surface area contributed by atoms with Crippen LogP contribution >= 0.6 is 0 Å². The molecule has 0 bridgehead atoms. The summed E-state index contributed by atoms with van der Waals surface area (Å²) >= 11 is 0. The van der Waals surface area contributed by atoms with Crippen molar-refractivity contribution < 1.29 is 8.42 Å². The summed E-state index contributed by atoms with van der Waals surface area (Å²) < 4.78 is 23.5. The van der Waals surface area contributed by atoms with Crippen LogP contribution in [-0.4, -0.2) is 30.9 Å².